The summed E-state index contributed by atoms with van der Waals surface area (Å²) in [5.74, 6) is -3.89. The predicted octanol–water partition coefficient (Wildman–Crippen LogP) is 12.2. The van der Waals surface area contributed by atoms with Crippen LogP contribution < -0.4 is 0 Å². The van der Waals surface area contributed by atoms with Crippen LogP contribution in [-0.2, 0) is 80.3 Å². The highest BCUT2D eigenvalue weighted by Crippen LogP contribution is 2.49. The van der Waals surface area contributed by atoms with E-state index in [2.05, 4.69) is 105 Å². The van der Waals surface area contributed by atoms with Gasteiger partial charge < -0.3 is 56.6 Å². The van der Waals surface area contributed by atoms with Gasteiger partial charge in [-0.15, -0.1) is 0 Å². The zero-order valence-electron chi connectivity index (χ0n) is 53.9. The van der Waals surface area contributed by atoms with Crippen LogP contribution in [0.5, 0.6) is 0 Å². The van der Waals surface area contributed by atoms with E-state index in [9.17, 15) is 33.9 Å². The van der Waals surface area contributed by atoms with Gasteiger partial charge in [-0.05, 0) is 111 Å². The molecule has 0 radical (unpaired) electrons. The molecule has 0 aromatic carbocycles. The SMILES string of the molecule is C.C=CC(=O)OC.CCC(=O)O[C@H]1/C(=C/C(=O)OC)C[C@@H](C[C@H](CO[Si](C)(C)C(C)(C)C)OC(=O)C[C@@H](C[C@@H]2CCC[C@H](C[C@@H]3CCOC4(C[C@H](C)CC[C@H]4C(C)C)O3)O2)O[Si](C)(C)C(C)(C)C)O[C@@]1(O)C(C)(C)/C=C/C=O.COC(C)=O. The number of rotatable bonds is 22. The number of carbonyl (C=O) groups excluding carboxylic acids is 6. The lowest BCUT2D eigenvalue weighted by Crippen LogP contribution is -2.62. The van der Waals surface area contributed by atoms with Gasteiger partial charge in [-0.1, -0.05) is 110 Å². The second kappa shape index (κ2) is 34.1. The minimum absolute atomic E-state index is 0. The summed E-state index contributed by atoms with van der Waals surface area (Å²) in [6.07, 6.45) is 10.1. The number of methoxy groups -OCH3 is 3. The fourth-order valence-corrected chi connectivity index (χ4v) is 12.7. The fraction of sp³-hybridized carbons (Fsp3) is 0.810. The van der Waals surface area contributed by atoms with E-state index >= 15 is 0 Å². The lowest BCUT2D eigenvalue weighted by Gasteiger charge is -2.51. The van der Waals surface area contributed by atoms with E-state index < -0.39 is 81.9 Å². The first kappa shape index (κ1) is 77.4. The van der Waals surface area contributed by atoms with E-state index in [1.54, 1.807) is 20.8 Å². The van der Waals surface area contributed by atoms with Gasteiger partial charge in [0, 0.05) is 49.7 Å². The Balaban J connectivity index is 0.00000261. The van der Waals surface area contributed by atoms with Gasteiger partial charge in [0.1, 0.15) is 12.4 Å². The van der Waals surface area contributed by atoms with E-state index in [1.807, 2.05) is 0 Å². The Morgan fingerprint density at radius 2 is 1.39 bits per heavy atom. The molecule has 4 fully saturated rings. The smallest absolute Gasteiger partial charge is 0.330 e. The summed E-state index contributed by atoms with van der Waals surface area (Å²) in [4.78, 5) is 71.3. The van der Waals surface area contributed by atoms with E-state index in [0.717, 1.165) is 51.0 Å². The van der Waals surface area contributed by atoms with Crippen molar-refractivity contribution in [1.82, 2.24) is 0 Å². The van der Waals surface area contributed by atoms with Crippen LogP contribution in [0.15, 0.2) is 36.5 Å². The Morgan fingerprint density at radius 1 is 0.795 bits per heavy atom. The molecule has 1 N–H and O–H groups in total. The first-order chi connectivity index (χ1) is 37.9. The molecular formula is C63H112O18Si2. The molecule has 3 aliphatic heterocycles. The van der Waals surface area contributed by atoms with Crippen molar-refractivity contribution in [3.63, 3.8) is 0 Å². The van der Waals surface area contributed by atoms with Crippen LogP contribution in [-0.4, -0.2) is 147 Å². The number of ether oxygens (including phenoxy) is 9. The molecule has 1 spiro atoms. The van der Waals surface area contributed by atoms with Gasteiger partial charge in [0.05, 0.1) is 71.5 Å². The highest BCUT2D eigenvalue weighted by Gasteiger charge is 2.58. The molecular weight excluding hydrogens is 1100 g/mol. The van der Waals surface area contributed by atoms with Crippen LogP contribution in [0, 0.1) is 23.2 Å². The Bertz CT molecular complexity index is 2130. The molecule has 1 saturated carbocycles. The lowest BCUT2D eigenvalue weighted by atomic mass is 9.72. The molecule has 0 amide bonds. The molecule has 4 rings (SSSR count). The molecule has 4 aliphatic rings. The molecule has 0 aromatic rings. The molecule has 11 atom stereocenters. The van der Waals surface area contributed by atoms with E-state index in [4.69, 9.17) is 42.0 Å². The third kappa shape index (κ3) is 23.9. The minimum atomic E-state index is -2.41. The number of aldehydes is 1. The van der Waals surface area contributed by atoms with Crippen LogP contribution in [0.3, 0.4) is 0 Å². The molecule has 83 heavy (non-hydrogen) atoms. The summed E-state index contributed by atoms with van der Waals surface area (Å²) in [6.45, 7) is 38.6. The summed E-state index contributed by atoms with van der Waals surface area (Å²) in [7, 11) is -0.919. The standard InChI is InChI=1S/C55H96O14Si2.C4H6O2.C3H6O2.CH4/c1-18-47(57)66-50-39(30-48(58)61-13)29-43(68-55(50,60)53(11,12)26-20-27-56)33-45(36-63-70(14,15)51(5,6)7)65-49(59)34-44(69-71(16,17)52(8,9)10)32-41-22-19-21-40(64-41)31-42-25-28-62-54(67-42)35-38(4)23-24-46(54)37(2)3;1-3-4(5)6-2;1-3(4)5-2;/h20,26-27,30,37-38,40-46,50,60H,18-19,21-25,28-29,31-36H2,1-17H3;3H,1H2,2H3;1-2H3;1H4/b26-20+,39-30+;;;/t38-,40-,41+,42+,43+,44-,45-,46+,50+,54?,55-;;;/m1.../s1. The number of hydrogen-bond acceptors (Lipinski definition) is 18. The Kier molecular flexibility index (Phi) is 31.8. The molecule has 3 saturated heterocycles. The third-order valence-electron chi connectivity index (χ3n) is 17.3. The number of esters is 5. The molecule has 1 unspecified atom stereocenters. The van der Waals surface area contributed by atoms with Crippen molar-refractivity contribution in [2.75, 3.05) is 34.5 Å². The highest BCUT2D eigenvalue weighted by molar-refractivity contribution is 6.74. The first-order valence-corrected chi connectivity index (χ1v) is 35.4. The van der Waals surface area contributed by atoms with E-state index in [-0.39, 0.29) is 79.6 Å². The van der Waals surface area contributed by atoms with Gasteiger partial charge >= 0.3 is 29.8 Å². The van der Waals surface area contributed by atoms with Crippen LogP contribution in [0.4, 0.5) is 0 Å². The van der Waals surface area contributed by atoms with Crippen LogP contribution in [0.1, 0.15) is 181 Å². The number of carbonyl (C=O) groups is 6. The van der Waals surface area contributed by atoms with Crippen molar-refractivity contribution in [2.24, 2.45) is 23.2 Å². The molecule has 18 nitrogen and oxygen atoms in total. The Hall–Kier alpha value is -3.61. The second-order valence-corrected chi connectivity index (χ2v) is 36.1. The van der Waals surface area contributed by atoms with Gasteiger partial charge in [0.2, 0.25) is 5.79 Å². The average molecular weight is 1210 g/mol. The zero-order chi connectivity index (χ0) is 62.7. The van der Waals surface area contributed by atoms with Crippen molar-refractivity contribution >= 4 is 52.8 Å². The molecule has 1 aliphatic carbocycles. The average Bonchev–Trinajstić information content (AvgIpc) is 3.58. The normalized spacial score (nSPS) is 27.3. The fourth-order valence-electron chi connectivity index (χ4n) is 10.3. The van der Waals surface area contributed by atoms with Crippen LogP contribution in [0.25, 0.3) is 0 Å². The summed E-state index contributed by atoms with van der Waals surface area (Å²) >= 11 is 0. The van der Waals surface area contributed by atoms with Crippen molar-refractivity contribution in [3.05, 3.63) is 36.5 Å². The largest absolute Gasteiger partial charge is 0.469 e. The van der Waals surface area contributed by atoms with Gasteiger partial charge in [0.25, 0.3) is 0 Å². The summed E-state index contributed by atoms with van der Waals surface area (Å²) in [5, 5.41) is 12.4. The van der Waals surface area contributed by atoms with Crippen molar-refractivity contribution in [2.45, 2.75) is 271 Å². The quantitative estimate of drug-likeness (QED) is 0.0350. The van der Waals surface area contributed by atoms with Crippen LogP contribution >= 0.6 is 0 Å². The van der Waals surface area contributed by atoms with Crippen molar-refractivity contribution in [1.29, 1.82) is 0 Å². The van der Waals surface area contributed by atoms with Gasteiger partial charge in [-0.2, -0.15) is 0 Å². The van der Waals surface area contributed by atoms with Crippen LogP contribution in [0.2, 0.25) is 36.3 Å². The van der Waals surface area contributed by atoms with Gasteiger partial charge in [-0.25, -0.2) is 9.59 Å². The Labute approximate surface area is 501 Å². The topological polar surface area (TPSA) is 224 Å². The molecule has 0 aromatic heterocycles. The number of aliphatic hydroxyl groups is 1. The highest BCUT2D eigenvalue weighted by atomic mass is 28.4. The summed E-state index contributed by atoms with van der Waals surface area (Å²) in [5.41, 5.74) is -1.09. The summed E-state index contributed by atoms with van der Waals surface area (Å²) < 4.78 is 66.4. The monoisotopic (exact) mass is 1210 g/mol. The lowest BCUT2D eigenvalue weighted by molar-refractivity contribution is -0.342. The second-order valence-electron chi connectivity index (χ2n) is 26.6. The Morgan fingerprint density at radius 3 is 1.90 bits per heavy atom. The van der Waals surface area contributed by atoms with E-state index in [0.29, 0.717) is 37.1 Å². The molecule has 480 valence electrons. The molecule has 20 heteroatoms. The van der Waals surface area contributed by atoms with Gasteiger partial charge in [0.15, 0.2) is 28.5 Å². The van der Waals surface area contributed by atoms with E-state index in [1.165, 1.54) is 52.9 Å². The maximum absolute atomic E-state index is 14.6. The van der Waals surface area contributed by atoms with Crippen molar-refractivity contribution < 1.29 is 85.4 Å². The first-order valence-electron chi connectivity index (χ1n) is 29.6. The summed E-state index contributed by atoms with van der Waals surface area (Å²) in [6, 6.07) is 0. The number of allylic oxidation sites excluding steroid dienone is 1. The molecule has 3 heterocycles. The van der Waals surface area contributed by atoms with Gasteiger partial charge in [-0.3, -0.25) is 19.2 Å². The molecule has 0 bridgehead atoms. The number of hydrogen-bond donors (Lipinski definition) is 1. The third-order valence-corrected chi connectivity index (χ3v) is 26.3. The maximum atomic E-state index is 14.6. The predicted molar refractivity (Wildman–Crippen MR) is 326 cm³/mol. The van der Waals surface area contributed by atoms with Crippen molar-refractivity contribution in [3.8, 4) is 0 Å². The zero-order valence-corrected chi connectivity index (χ0v) is 55.9. The minimum Gasteiger partial charge on any atom is -0.469 e. The maximum Gasteiger partial charge on any atom is 0.330 e.